The summed E-state index contributed by atoms with van der Waals surface area (Å²) in [5, 5.41) is 2.76. The second-order valence-corrected chi connectivity index (χ2v) is 8.67. The van der Waals surface area contributed by atoms with Gasteiger partial charge in [0.25, 0.3) is 0 Å². The van der Waals surface area contributed by atoms with E-state index in [-0.39, 0.29) is 16.2 Å². The van der Waals surface area contributed by atoms with Gasteiger partial charge in [0.05, 0.1) is 17.7 Å². The molecule has 0 aliphatic carbocycles. The number of rotatable bonds is 7. The van der Waals surface area contributed by atoms with Gasteiger partial charge in [-0.3, -0.25) is 4.79 Å². The number of benzene rings is 1. The average Bonchev–Trinajstić information content (AvgIpc) is 2.46. The molecule has 1 amide bonds. The first-order valence-electron chi connectivity index (χ1n) is 8.03. The van der Waals surface area contributed by atoms with Crippen molar-refractivity contribution < 1.29 is 17.9 Å². The molecule has 0 radical (unpaired) electrons. The van der Waals surface area contributed by atoms with Gasteiger partial charge in [0.2, 0.25) is 15.9 Å². The number of amides is 1. The molecule has 0 heterocycles. The molecule has 0 aliphatic heterocycles. The molecule has 0 aliphatic rings. The van der Waals surface area contributed by atoms with Gasteiger partial charge in [-0.05, 0) is 23.6 Å². The lowest BCUT2D eigenvalue weighted by Crippen LogP contribution is -2.30. The minimum Gasteiger partial charge on any atom is -0.495 e. The van der Waals surface area contributed by atoms with Gasteiger partial charge in [-0.15, -0.1) is 0 Å². The lowest BCUT2D eigenvalue weighted by atomic mass is 9.92. The van der Waals surface area contributed by atoms with Crippen LogP contribution >= 0.6 is 0 Å². The molecule has 1 rings (SSSR count). The Kier molecular flexibility index (Phi) is 6.80. The zero-order valence-corrected chi connectivity index (χ0v) is 16.2. The van der Waals surface area contributed by atoms with E-state index >= 15 is 0 Å². The number of methoxy groups -OCH3 is 1. The highest BCUT2D eigenvalue weighted by molar-refractivity contribution is 7.89. The number of carbonyl (C=O) groups is 1. The largest absolute Gasteiger partial charge is 0.495 e. The first-order valence-corrected chi connectivity index (χ1v) is 9.47. The summed E-state index contributed by atoms with van der Waals surface area (Å²) in [6.45, 7) is 10.2. The molecule has 1 N–H and O–H groups in total. The number of hydrogen-bond donors (Lipinski definition) is 1. The molecule has 0 spiro atoms. The Labute approximate surface area is 145 Å². The van der Waals surface area contributed by atoms with Gasteiger partial charge in [-0.1, -0.05) is 34.6 Å². The van der Waals surface area contributed by atoms with Crippen molar-refractivity contribution in [2.45, 2.75) is 45.9 Å². The van der Waals surface area contributed by atoms with Gasteiger partial charge < -0.3 is 10.1 Å². The van der Waals surface area contributed by atoms with Crippen LogP contribution in [-0.4, -0.2) is 38.8 Å². The quantitative estimate of drug-likeness (QED) is 0.814. The Balaban J connectivity index is 3.20. The van der Waals surface area contributed by atoms with Crippen molar-refractivity contribution in [3.63, 3.8) is 0 Å². The maximum Gasteiger partial charge on any atom is 0.243 e. The van der Waals surface area contributed by atoms with Crippen LogP contribution in [0.3, 0.4) is 0 Å². The number of nitrogens with zero attached hydrogens (tertiary/aromatic N) is 1. The van der Waals surface area contributed by atoms with Crippen LogP contribution in [0.25, 0.3) is 0 Å². The van der Waals surface area contributed by atoms with Crippen LogP contribution in [-0.2, 0) is 14.8 Å². The van der Waals surface area contributed by atoms with E-state index in [1.165, 1.54) is 23.5 Å². The Hall–Kier alpha value is -1.60. The van der Waals surface area contributed by atoms with E-state index in [0.29, 0.717) is 30.9 Å². The fraction of sp³-hybridized carbons (Fsp3) is 0.588. The summed E-state index contributed by atoms with van der Waals surface area (Å²) in [4.78, 5) is 12.3. The Bertz CT molecular complexity index is 674. The lowest BCUT2D eigenvalue weighted by Gasteiger charge is -2.21. The fourth-order valence-electron chi connectivity index (χ4n) is 2.33. The van der Waals surface area contributed by atoms with E-state index in [1.807, 2.05) is 20.8 Å². The van der Waals surface area contributed by atoms with Crippen molar-refractivity contribution in [1.82, 2.24) is 4.31 Å². The summed E-state index contributed by atoms with van der Waals surface area (Å²) in [6.07, 6.45) is 0.323. The van der Waals surface area contributed by atoms with Crippen molar-refractivity contribution in [3.05, 3.63) is 18.2 Å². The topological polar surface area (TPSA) is 75.7 Å². The van der Waals surface area contributed by atoms with E-state index in [1.54, 1.807) is 19.9 Å². The normalized spacial score (nSPS) is 12.3. The van der Waals surface area contributed by atoms with Crippen molar-refractivity contribution in [3.8, 4) is 5.75 Å². The number of nitrogens with one attached hydrogen (secondary N) is 1. The maximum absolute atomic E-state index is 12.6. The van der Waals surface area contributed by atoms with Gasteiger partial charge in [-0.25, -0.2) is 8.42 Å². The SMILES string of the molecule is CCN(CC)S(=O)(=O)c1ccc(OC)c(NC(=O)CC(C)(C)C)c1. The van der Waals surface area contributed by atoms with E-state index < -0.39 is 10.0 Å². The Morgan fingerprint density at radius 1 is 1.21 bits per heavy atom. The second kappa shape index (κ2) is 7.98. The fourth-order valence-corrected chi connectivity index (χ4v) is 3.82. The first-order chi connectivity index (χ1) is 11.0. The molecular formula is C17H28N2O4S. The highest BCUT2D eigenvalue weighted by Gasteiger charge is 2.24. The van der Waals surface area contributed by atoms with Gasteiger partial charge in [-0.2, -0.15) is 4.31 Å². The summed E-state index contributed by atoms with van der Waals surface area (Å²) < 4.78 is 31.9. The monoisotopic (exact) mass is 356 g/mol. The molecule has 24 heavy (non-hydrogen) atoms. The summed E-state index contributed by atoms with van der Waals surface area (Å²) in [6, 6.07) is 4.50. The summed E-state index contributed by atoms with van der Waals surface area (Å²) in [7, 11) is -2.11. The molecule has 0 saturated carbocycles. The molecule has 0 unspecified atom stereocenters. The van der Waals surface area contributed by atoms with Crippen molar-refractivity contribution in [2.24, 2.45) is 5.41 Å². The van der Waals surface area contributed by atoms with E-state index in [0.717, 1.165) is 0 Å². The number of ether oxygens (including phenoxy) is 1. The summed E-state index contributed by atoms with van der Waals surface area (Å²) in [5.74, 6) is 0.244. The molecule has 1 aromatic carbocycles. The molecule has 7 heteroatoms. The molecule has 136 valence electrons. The van der Waals surface area contributed by atoms with Crippen LogP contribution in [0.4, 0.5) is 5.69 Å². The number of carbonyl (C=O) groups excluding carboxylic acids is 1. The molecule has 6 nitrogen and oxygen atoms in total. The zero-order valence-electron chi connectivity index (χ0n) is 15.3. The van der Waals surface area contributed by atoms with Crippen molar-refractivity contribution in [2.75, 3.05) is 25.5 Å². The van der Waals surface area contributed by atoms with Crippen LogP contribution in [0.1, 0.15) is 41.0 Å². The predicted molar refractivity (Wildman–Crippen MR) is 95.8 cm³/mol. The van der Waals surface area contributed by atoms with E-state index in [4.69, 9.17) is 4.74 Å². The van der Waals surface area contributed by atoms with E-state index in [2.05, 4.69) is 5.32 Å². The number of sulfonamides is 1. The van der Waals surface area contributed by atoms with Crippen LogP contribution in [0.5, 0.6) is 5.75 Å². The third-order valence-corrected chi connectivity index (χ3v) is 5.52. The molecule has 1 aromatic rings. The smallest absolute Gasteiger partial charge is 0.243 e. The minimum absolute atomic E-state index is 0.137. The van der Waals surface area contributed by atoms with Gasteiger partial charge in [0.15, 0.2) is 0 Å². The van der Waals surface area contributed by atoms with Gasteiger partial charge in [0.1, 0.15) is 5.75 Å². The van der Waals surface area contributed by atoms with Gasteiger partial charge in [0, 0.05) is 19.5 Å². The van der Waals surface area contributed by atoms with Crippen molar-refractivity contribution >= 4 is 21.6 Å². The molecule has 0 fully saturated rings. The molecule has 0 atom stereocenters. The van der Waals surface area contributed by atoms with Crippen LogP contribution in [0.15, 0.2) is 23.1 Å². The third kappa shape index (κ3) is 5.21. The number of anilines is 1. The van der Waals surface area contributed by atoms with Crippen LogP contribution in [0.2, 0.25) is 0 Å². The van der Waals surface area contributed by atoms with Crippen LogP contribution < -0.4 is 10.1 Å². The average molecular weight is 356 g/mol. The minimum atomic E-state index is -3.59. The highest BCUT2D eigenvalue weighted by Crippen LogP contribution is 2.30. The van der Waals surface area contributed by atoms with Gasteiger partial charge >= 0.3 is 0 Å². The van der Waals surface area contributed by atoms with Crippen molar-refractivity contribution in [1.29, 1.82) is 0 Å². The molecule has 0 saturated heterocycles. The Morgan fingerprint density at radius 2 is 1.79 bits per heavy atom. The summed E-state index contributed by atoms with van der Waals surface area (Å²) >= 11 is 0. The number of hydrogen-bond acceptors (Lipinski definition) is 4. The Morgan fingerprint density at radius 3 is 2.25 bits per heavy atom. The predicted octanol–water partition coefficient (Wildman–Crippen LogP) is 3.10. The first kappa shape index (κ1) is 20.4. The molecular weight excluding hydrogens is 328 g/mol. The third-order valence-electron chi connectivity index (χ3n) is 3.48. The summed E-state index contributed by atoms with van der Waals surface area (Å²) in [5.41, 5.74) is 0.197. The standard InChI is InChI=1S/C17H28N2O4S/c1-7-19(8-2)24(21,22)13-9-10-15(23-6)14(11-13)18-16(20)12-17(3,4)5/h9-11H,7-8,12H2,1-6H3,(H,18,20). The zero-order chi connectivity index (χ0) is 18.5. The lowest BCUT2D eigenvalue weighted by molar-refractivity contribution is -0.117. The maximum atomic E-state index is 12.6. The second-order valence-electron chi connectivity index (χ2n) is 6.74. The molecule has 0 aromatic heterocycles. The highest BCUT2D eigenvalue weighted by atomic mass is 32.2. The van der Waals surface area contributed by atoms with E-state index in [9.17, 15) is 13.2 Å². The van der Waals surface area contributed by atoms with Crippen LogP contribution in [0, 0.1) is 5.41 Å². The molecule has 0 bridgehead atoms.